The lowest BCUT2D eigenvalue weighted by Gasteiger charge is -2.09. The van der Waals surface area contributed by atoms with Crippen LogP contribution in [0.25, 0.3) is 0 Å². The molecule has 5 heteroatoms. The minimum absolute atomic E-state index is 0.124. The second kappa shape index (κ2) is 7.45. The normalized spacial score (nSPS) is 10.1. The Morgan fingerprint density at radius 2 is 1.73 bits per heavy atom. The minimum Gasteiger partial charge on any atom is -0.493 e. The predicted molar refractivity (Wildman–Crippen MR) is 82.9 cm³/mol. The van der Waals surface area contributed by atoms with Gasteiger partial charge in [0, 0.05) is 12.1 Å². The zero-order valence-corrected chi connectivity index (χ0v) is 12.6. The Morgan fingerprint density at radius 1 is 1.05 bits per heavy atom. The number of hydrogen-bond acceptors (Lipinski definition) is 3. The van der Waals surface area contributed by atoms with E-state index in [-0.39, 0.29) is 11.7 Å². The van der Waals surface area contributed by atoms with Crippen molar-refractivity contribution in [1.82, 2.24) is 0 Å². The van der Waals surface area contributed by atoms with Gasteiger partial charge < -0.3 is 14.8 Å². The molecule has 4 nitrogen and oxygen atoms in total. The molecule has 0 saturated heterocycles. The van der Waals surface area contributed by atoms with Crippen molar-refractivity contribution in [3.8, 4) is 11.5 Å². The van der Waals surface area contributed by atoms with Crippen molar-refractivity contribution in [2.75, 3.05) is 19.5 Å². The number of halogens is 1. The molecule has 0 heterocycles. The van der Waals surface area contributed by atoms with Crippen molar-refractivity contribution in [2.24, 2.45) is 0 Å². The molecule has 0 fully saturated rings. The lowest BCUT2D eigenvalue weighted by Crippen LogP contribution is -2.12. The van der Waals surface area contributed by atoms with Gasteiger partial charge in [-0.05, 0) is 48.4 Å². The van der Waals surface area contributed by atoms with Gasteiger partial charge in [-0.15, -0.1) is 0 Å². The quantitative estimate of drug-likeness (QED) is 0.889. The molecular weight excluding hydrogens is 285 g/mol. The summed E-state index contributed by atoms with van der Waals surface area (Å²) in [6.07, 6.45) is 0.903. The Kier molecular flexibility index (Phi) is 5.36. The van der Waals surface area contributed by atoms with Gasteiger partial charge in [0.25, 0.3) is 0 Å². The highest BCUT2D eigenvalue weighted by atomic mass is 19.1. The van der Waals surface area contributed by atoms with Crippen LogP contribution in [-0.2, 0) is 11.2 Å². The lowest BCUT2D eigenvalue weighted by molar-refractivity contribution is -0.116. The zero-order valence-electron chi connectivity index (χ0n) is 12.6. The van der Waals surface area contributed by atoms with E-state index in [4.69, 9.17) is 9.47 Å². The first-order valence-corrected chi connectivity index (χ1v) is 6.88. The highest BCUT2D eigenvalue weighted by Crippen LogP contribution is 2.28. The van der Waals surface area contributed by atoms with E-state index in [2.05, 4.69) is 5.32 Å². The molecular formula is C17H18FNO3. The molecule has 0 bridgehead atoms. The molecule has 1 N–H and O–H groups in total. The fourth-order valence-corrected chi connectivity index (χ4v) is 2.05. The van der Waals surface area contributed by atoms with Gasteiger partial charge in [0.05, 0.1) is 14.2 Å². The molecule has 2 aromatic rings. The van der Waals surface area contributed by atoms with Crippen LogP contribution in [0.15, 0.2) is 42.5 Å². The topological polar surface area (TPSA) is 47.6 Å². The third kappa shape index (κ3) is 4.22. The summed E-state index contributed by atoms with van der Waals surface area (Å²) in [5.41, 5.74) is 1.56. The van der Waals surface area contributed by atoms with E-state index >= 15 is 0 Å². The molecule has 0 aliphatic heterocycles. The molecule has 0 unspecified atom stereocenters. The van der Waals surface area contributed by atoms with Crippen molar-refractivity contribution in [2.45, 2.75) is 12.8 Å². The largest absolute Gasteiger partial charge is 0.493 e. The third-order valence-corrected chi connectivity index (χ3v) is 3.22. The Bertz CT molecular complexity index is 641. The summed E-state index contributed by atoms with van der Waals surface area (Å²) < 4.78 is 23.2. The van der Waals surface area contributed by atoms with Crippen LogP contribution in [0, 0.1) is 5.82 Å². The first-order chi connectivity index (χ1) is 10.6. The molecule has 0 spiro atoms. The Labute approximate surface area is 128 Å². The molecule has 0 saturated carbocycles. The number of carbonyl (C=O) groups is 1. The Morgan fingerprint density at radius 3 is 2.36 bits per heavy atom. The monoisotopic (exact) mass is 303 g/mol. The van der Waals surface area contributed by atoms with Crippen molar-refractivity contribution in [3.63, 3.8) is 0 Å². The summed E-state index contributed by atoms with van der Waals surface area (Å²) in [5, 5.41) is 2.73. The summed E-state index contributed by atoms with van der Waals surface area (Å²) in [5.74, 6) is 0.839. The maximum atomic E-state index is 12.8. The van der Waals surface area contributed by atoms with Gasteiger partial charge in [-0.25, -0.2) is 4.39 Å². The smallest absolute Gasteiger partial charge is 0.224 e. The number of methoxy groups -OCH3 is 2. The molecule has 22 heavy (non-hydrogen) atoms. The van der Waals surface area contributed by atoms with Crippen LogP contribution in [0.3, 0.4) is 0 Å². The van der Waals surface area contributed by atoms with E-state index in [1.807, 2.05) is 18.2 Å². The van der Waals surface area contributed by atoms with Gasteiger partial charge in [0.15, 0.2) is 11.5 Å². The number of rotatable bonds is 6. The van der Waals surface area contributed by atoms with E-state index < -0.39 is 0 Å². The highest BCUT2D eigenvalue weighted by Gasteiger charge is 2.07. The van der Waals surface area contributed by atoms with Crippen LogP contribution >= 0.6 is 0 Å². The molecule has 116 valence electrons. The summed E-state index contributed by atoms with van der Waals surface area (Å²) in [7, 11) is 3.15. The van der Waals surface area contributed by atoms with Crippen LogP contribution in [0.2, 0.25) is 0 Å². The number of amides is 1. The van der Waals surface area contributed by atoms with Crippen LogP contribution < -0.4 is 14.8 Å². The van der Waals surface area contributed by atoms with Crippen LogP contribution in [-0.4, -0.2) is 20.1 Å². The van der Waals surface area contributed by atoms with E-state index in [0.717, 1.165) is 5.56 Å². The van der Waals surface area contributed by atoms with Gasteiger partial charge >= 0.3 is 0 Å². The summed E-state index contributed by atoms with van der Waals surface area (Å²) in [6.45, 7) is 0. The van der Waals surface area contributed by atoms with E-state index in [0.29, 0.717) is 30.0 Å². The predicted octanol–water partition coefficient (Wildman–Crippen LogP) is 3.41. The summed E-state index contributed by atoms with van der Waals surface area (Å²) in [4.78, 5) is 11.9. The minimum atomic E-state index is -0.330. The van der Waals surface area contributed by atoms with E-state index in [1.165, 1.54) is 24.3 Å². The van der Waals surface area contributed by atoms with Crippen molar-refractivity contribution >= 4 is 11.6 Å². The van der Waals surface area contributed by atoms with Gasteiger partial charge in [-0.1, -0.05) is 6.07 Å². The van der Waals surface area contributed by atoms with Crippen LogP contribution in [0.4, 0.5) is 10.1 Å². The second-order valence-electron chi connectivity index (χ2n) is 4.74. The Hall–Kier alpha value is -2.56. The highest BCUT2D eigenvalue weighted by molar-refractivity contribution is 5.90. The molecule has 0 radical (unpaired) electrons. The maximum absolute atomic E-state index is 12.8. The van der Waals surface area contributed by atoms with Gasteiger partial charge in [0.2, 0.25) is 5.91 Å². The number of benzene rings is 2. The molecule has 0 aliphatic carbocycles. The third-order valence-electron chi connectivity index (χ3n) is 3.22. The molecule has 0 aromatic heterocycles. The first kappa shape index (κ1) is 15.8. The molecule has 0 aliphatic rings. The number of aryl methyl sites for hydroxylation is 1. The molecule has 2 aromatic carbocycles. The zero-order chi connectivity index (χ0) is 15.9. The number of carbonyl (C=O) groups excluding carboxylic acids is 1. The van der Waals surface area contributed by atoms with Crippen molar-refractivity contribution < 1.29 is 18.7 Å². The lowest BCUT2D eigenvalue weighted by atomic mass is 10.1. The number of hydrogen-bond donors (Lipinski definition) is 1. The fraction of sp³-hybridized carbons (Fsp3) is 0.235. The standard InChI is InChI=1S/C17H18FNO3/c1-21-15-9-3-12(11-16(15)22-2)4-10-17(20)19-14-7-5-13(18)6-8-14/h3,5-9,11H,4,10H2,1-2H3,(H,19,20). The van der Waals surface area contributed by atoms with Gasteiger partial charge in [-0.3, -0.25) is 4.79 Å². The van der Waals surface area contributed by atoms with Crippen molar-refractivity contribution in [3.05, 3.63) is 53.8 Å². The van der Waals surface area contributed by atoms with E-state index in [1.54, 1.807) is 14.2 Å². The molecule has 0 atom stereocenters. The maximum Gasteiger partial charge on any atom is 0.224 e. The number of nitrogens with one attached hydrogen (secondary N) is 1. The molecule has 1 amide bonds. The second-order valence-corrected chi connectivity index (χ2v) is 4.74. The number of ether oxygens (including phenoxy) is 2. The molecule has 2 rings (SSSR count). The van der Waals surface area contributed by atoms with Gasteiger partial charge in [-0.2, -0.15) is 0 Å². The number of anilines is 1. The van der Waals surface area contributed by atoms with Crippen LogP contribution in [0.5, 0.6) is 11.5 Å². The summed E-state index contributed by atoms with van der Waals surface area (Å²) >= 11 is 0. The van der Waals surface area contributed by atoms with Crippen molar-refractivity contribution in [1.29, 1.82) is 0 Å². The fourth-order valence-electron chi connectivity index (χ4n) is 2.05. The van der Waals surface area contributed by atoms with E-state index in [9.17, 15) is 9.18 Å². The van der Waals surface area contributed by atoms with Gasteiger partial charge in [0.1, 0.15) is 5.82 Å². The van der Waals surface area contributed by atoms with Crippen LogP contribution in [0.1, 0.15) is 12.0 Å². The first-order valence-electron chi connectivity index (χ1n) is 6.88. The SMILES string of the molecule is COc1ccc(CCC(=O)Nc2ccc(F)cc2)cc1OC. The summed E-state index contributed by atoms with van der Waals surface area (Å²) in [6, 6.07) is 11.2. The average molecular weight is 303 g/mol. The Balaban J connectivity index is 1.92. The average Bonchev–Trinajstić information content (AvgIpc) is 2.54.